The van der Waals surface area contributed by atoms with E-state index in [1.807, 2.05) is 42.3 Å². The summed E-state index contributed by atoms with van der Waals surface area (Å²) in [6.07, 6.45) is 6.80. The Morgan fingerprint density at radius 2 is 2.32 bits per heavy atom. The van der Waals surface area contributed by atoms with Crippen LogP contribution in [0.4, 0.5) is 0 Å². The Bertz CT molecular complexity index is 666. The monoisotopic (exact) mass is 276 g/mol. The van der Waals surface area contributed by atoms with Gasteiger partial charge >= 0.3 is 0 Å². The topological polar surface area (TPSA) is 73.2 Å². The van der Waals surface area contributed by atoms with E-state index < -0.39 is 0 Å². The molecule has 0 saturated heterocycles. The molecule has 0 aliphatic rings. The summed E-state index contributed by atoms with van der Waals surface area (Å²) in [4.78, 5) is 5.59. The lowest BCUT2D eigenvalue weighted by molar-refractivity contribution is 0.544. The van der Waals surface area contributed by atoms with Crippen LogP contribution in [0.3, 0.4) is 0 Å². The normalized spacial score (nSPS) is 13.2. The summed E-state index contributed by atoms with van der Waals surface area (Å²) in [5.74, 6) is 5.68. The third kappa shape index (κ3) is 2.27. The standard InChI is InChI=1S/C12H16N6S/c1-8-10(7-17(2)16-8)11(15-13)5-9-6-18-3-4-19-12(18)14-9/h3-4,6-7,11,15H,5,13H2,1-2H3. The molecule has 3 N–H and O–H groups in total. The van der Waals surface area contributed by atoms with Gasteiger partial charge in [0, 0.05) is 43.0 Å². The van der Waals surface area contributed by atoms with Gasteiger partial charge in [0.25, 0.3) is 0 Å². The van der Waals surface area contributed by atoms with Gasteiger partial charge < -0.3 is 0 Å². The van der Waals surface area contributed by atoms with E-state index in [0.29, 0.717) is 0 Å². The molecule has 1 atom stereocenters. The van der Waals surface area contributed by atoms with Gasteiger partial charge in [0.15, 0.2) is 4.96 Å². The zero-order chi connectivity index (χ0) is 13.4. The number of nitrogens with two attached hydrogens (primary N) is 1. The first-order valence-electron chi connectivity index (χ1n) is 6.04. The number of fused-ring (bicyclic) bond motifs is 1. The molecular formula is C12H16N6S. The molecule has 0 amide bonds. The molecule has 0 aliphatic carbocycles. The molecule has 3 heterocycles. The molecule has 3 aromatic rings. The highest BCUT2D eigenvalue weighted by Crippen LogP contribution is 2.21. The number of hydrazine groups is 1. The van der Waals surface area contributed by atoms with Gasteiger partial charge in [-0.15, -0.1) is 11.3 Å². The summed E-state index contributed by atoms with van der Waals surface area (Å²) >= 11 is 1.63. The van der Waals surface area contributed by atoms with E-state index in [2.05, 4.69) is 15.5 Å². The highest BCUT2D eigenvalue weighted by molar-refractivity contribution is 7.15. The first kappa shape index (κ1) is 12.3. The Kier molecular flexibility index (Phi) is 3.09. The maximum atomic E-state index is 5.68. The average Bonchev–Trinajstić information content (AvgIpc) is 3.00. The van der Waals surface area contributed by atoms with Crippen LogP contribution in [-0.2, 0) is 13.5 Å². The minimum atomic E-state index is 0.0262. The second-order valence-electron chi connectivity index (χ2n) is 4.59. The molecule has 100 valence electrons. The highest BCUT2D eigenvalue weighted by Gasteiger charge is 2.17. The molecule has 1 unspecified atom stereocenters. The Morgan fingerprint density at radius 3 is 2.95 bits per heavy atom. The summed E-state index contributed by atoms with van der Waals surface area (Å²) in [6.45, 7) is 1.99. The fourth-order valence-corrected chi connectivity index (χ4v) is 3.02. The molecule has 0 bridgehead atoms. The number of thiazole rings is 1. The number of aryl methyl sites for hydroxylation is 2. The second kappa shape index (κ2) is 4.76. The van der Waals surface area contributed by atoms with Crippen molar-refractivity contribution in [2.24, 2.45) is 12.9 Å². The van der Waals surface area contributed by atoms with Gasteiger partial charge in [-0.25, -0.2) is 4.98 Å². The van der Waals surface area contributed by atoms with Crippen molar-refractivity contribution in [3.8, 4) is 0 Å². The number of nitrogens with one attached hydrogen (secondary N) is 1. The van der Waals surface area contributed by atoms with Crippen molar-refractivity contribution in [1.29, 1.82) is 0 Å². The fourth-order valence-electron chi connectivity index (χ4n) is 2.30. The van der Waals surface area contributed by atoms with E-state index in [1.165, 1.54) is 0 Å². The molecule has 0 radical (unpaired) electrons. The van der Waals surface area contributed by atoms with Crippen LogP contribution in [0.25, 0.3) is 4.96 Å². The van der Waals surface area contributed by atoms with E-state index in [9.17, 15) is 0 Å². The summed E-state index contributed by atoms with van der Waals surface area (Å²) < 4.78 is 3.84. The molecule has 0 aliphatic heterocycles. The third-order valence-electron chi connectivity index (χ3n) is 3.18. The summed E-state index contributed by atoms with van der Waals surface area (Å²) in [5.41, 5.74) is 5.99. The van der Waals surface area contributed by atoms with Crippen LogP contribution in [0.15, 0.2) is 24.0 Å². The Balaban J connectivity index is 1.87. The second-order valence-corrected chi connectivity index (χ2v) is 5.47. The van der Waals surface area contributed by atoms with Crippen LogP contribution >= 0.6 is 11.3 Å². The maximum absolute atomic E-state index is 5.68. The maximum Gasteiger partial charge on any atom is 0.193 e. The zero-order valence-corrected chi connectivity index (χ0v) is 11.7. The van der Waals surface area contributed by atoms with Crippen LogP contribution in [0, 0.1) is 6.92 Å². The largest absolute Gasteiger partial charge is 0.297 e. The number of nitrogens with zero attached hydrogens (tertiary/aromatic N) is 4. The molecule has 7 heteroatoms. The number of aromatic nitrogens is 4. The SMILES string of the molecule is Cc1nn(C)cc1C(Cc1cn2ccsc2n1)NN. The predicted molar refractivity (Wildman–Crippen MR) is 74.8 cm³/mol. The molecule has 0 aromatic carbocycles. The Morgan fingerprint density at radius 1 is 1.47 bits per heavy atom. The molecule has 0 fully saturated rings. The van der Waals surface area contributed by atoms with Gasteiger partial charge in [-0.2, -0.15) is 5.10 Å². The van der Waals surface area contributed by atoms with E-state index in [0.717, 1.165) is 28.3 Å². The van der Waals surface area contributed by atoms with Crippen LogP contribution < -0.4 is 11.3 Å². The van der Waals surface area contributed by atoms with Gasteiger partial charge in [-0.05, 0) is 6.92 Å². The summed E-state index contributed by atoms with van der Waals surface area (Å²) in [6, 6.07) is 0.0262. The van der Waals surface area contributed by atoms with Gasteiger partial charge in [0.2, 0.25) is 0 Å². The lowest BCUT2D eigenvalue weighted by Crippen LogP contribution is -2.29. The number of rotatable bonds is 4. The fraction of sp³-hybridized carbons (Fsp3) is 0.333. The van der Waals surface area contributed by atoms with E-state index in [1.54, 1.807) is 16.0 Å². The number of hydrogen-bond donors (Lipinski definition) is 2. The molecule has 19 heavy (non-hydrogen) atoms. The van der Waals surface area contributed by atoms with Crippen LogP contribution in [0.1, 0.15) is 23.0 Å². The van der Waals surface area contributed by atoms with Gasteiger partial charge in [-0.3, -0.25) is 20.4 Å². The van der Waals surface area contributed by atoms with Crippen molar-refractivity contribution >= 4 is 16.3 Å². The predicted octanol–water partition coefficient (Wildman–Crippen LogP) is 1.18. The highest BCUT2D eigenvalue weighted by atomic mass is 32.1. The first-order valence-corrected chi connectivity index (χ1v) is 6.92. The molecule has 0 spiro atoms. The Labute approximate surface area is 114 Å². The van der Waals surface area contributed by atoms with Gasteiger partial charge in [0.05, 0.1) is 17.4 Å². The van der Waals surface area contributed by atoms with Crippen molar-refractivity contribution in [3.63, 3.8) is 0 Å². The van der Waals surface area contributed by atoms with Crippen LogP contribution in [0.2, 0.25) is 0 Å². The quantitative estimate of drug-likeness (QED) is 0.554. The molecule has 3 rings (SSSR count). The minimum absolute atomic E-state index is 0.0262. The van der Waals surface area contributed by atoms with Crippen molar-refractivity contribution in [2.45, 2.75) is 19.4 Å². The van der Waals surface area contributed by atoms with Crippen molar-refractivity contribution in [3.05, 3.63) is 40.9 Å². The molecule has 6 nitrogen and oxygen atoms in total. The van der Waals surface area contributed by atoms with E-state index >= 15 is 0 Å². The Hall–Kier alpha value is -1.70. The molecule has 3 aromatic heterocycles. The molecular weight excluding hydrogens is 260 g/mol. The molecule has 0 saturated carbocycles. The first-order chi connectivity index (χ1) is 9.17. The van der Waals surface area contributed by atoms with Crippen LogP contribution in [-0.4, -0.2) is 19.2 Å². The summed E-state index contributed by atoms with van der Waals surface area (Å²) in [7, 11) is 1.91. The lowest BCUT2D eigenvalue weighted by atomic mass is 10.0. The third-order valence-corrected chi connectivity index (χ3v) is 3.96. The van der Waals surface area contributed by atoms with Crippen molar-refractivity contribution in [2.75, 3.05) is 0 Å². The van der Waals surface area contributed by atoms with Gasteiger partial charge in [-0.1, -0.05) is 0 Å². The lowest BCUT2D eigenvalue weighted by Gasteiger charge is -2.13. The van der Waals surface area contributed by atoms with E-state index in [4.69, 9.17) is 5.84 Å². The number of hydrogen-bond acceptors (Lipinski definition) is 5. The minimum Gasteiger partial charge on any atom is -0.297 e. The number of imidazole rings is 1. The zero-order valence-electron chi connectivity index (χ0n) is 10.9. The van der Waals surface area contributed by atoms with Crippen molar-refractivity contribution in [1.82, 2.24) is 24.6 Å². The van der Waals surface area contributed by atoms with Crippen molar-refractivity contribution < 1.29 is 0 Å². The summed E-state index contributed by atoms with van der Waals surface area (Å²) in [5, 5.41) is 6.38. The van der Waals surface area contributed by atoms with Gasteiger partial charge in [0.1, 0.15) is 0 Å². The average molecular weight is 276 g/mol. The van der Waals surface area contributed by atoms with Crippen LogP contribution in [0.5, 0.6) is 0 Å². The smallest absolute Gasteiger partial charge is 0.193 e. The van der Waals surface area contributed by atoms with E-state index in [-0.39, 0.29) is 6.04 Å².